The number of nitrogens with zero attached hydrogens (tertiary/aromatic N) is 1. The molecule has 1 N–H and O–H groups in total. The first-order chi connectivity index (χ1) is 10.3. The Morgan fingerprint density at radius 1 is 1.36 bits per heavy atom. The van der Waals surface area contributed by atoms with Crippen molar-refractivity contribution >= 4 is 12.0 Å². The van der Waals surface area contributed by atoms with Gasteiger partial charge in [-0.05, 0) is 38.3 Å². The fourth-order valence-corrected chi connectivity index (χ4v) is 3.26. The van der Waals surface area contributed by atoms with E-state index in [1.807, 2.05) is 24.3 Å². The molecule has 22 heavy (non-hydrogen) atoms. The van der Waals surface area contributed by atoms with Crippen LogP contribution in [0, 0.1) is 5.92 Å². The van der Waals surface area contributed by atoms with E-state index >= 15 is 0 Å². The molecule has 1 aliphatic heterocycles. The zero-order valence-electron chi connectivity index (χ0n) is 12.9. The van der Waals surface area contributed by atoms with E-state index in [4.69, 9.17) is 4.74 Å². The standard InChI is InChI=1S/C17H19NO4/c1-17(2,3)22-16(21)18-14-11-7-5-4-6-10(11)8-12(14)13(9-19)15(18)20/h4-7,9,12,14,19H,8H2,1-3H3. The first-order valence-electron chi connectivity index (χ1n) is 7.32. The minimum Gasteiger partial charge on any atom is -0.515 e. The number of hydrogen-bond donors (Lipinski definition) is 1. The van der Waals surface area contributed by atoms with E-state index in [2.05, 4.69) is 0 Å². The molecule has 5 nitrogen and oxygen atoms in total. The van der Waals surface area contributed by atoms with Gasteiger partial charge in [0.2, 0.25) is 0 Å². The van der Waals surface area contributed by atoms with Crippen LogP contribution >= 0.6 is 0 Å². The summed E-state index contributed by atoms with van der Waals surface area (Å²) < 4.78 is 5.37. The molecule has 2 amide bonds. The van der Waals surface area contributed by atoms with Crippen LogP contribution in [-0.2, 0) is 16.0 Å². The van der Waals surface area contributed by atoms with Gasteiger partial charge in [0.25, 0.3) is 5.91 Å². The maximum Gasteiger partial charge on any atom is 0.417 e. The Morgan fingerprint density at radius 2 is 2.05 bits per heavy atom. The summed E-state index contributed by atoms with van der Waals surface area (Å²) in [5.41, 5.74) is 1.63. The van der Waals surface area contributed by atoms with Crippen LogP contribution in [0.1, 0.15) is 37.9 Å². The van der Waals surface area contributed by atoms with E-state index in [0.717, 1.165) is 22.3 Å². The molecule has 0 radical (unpaired) electrons. The van der Waals surface area contributed by atoms with Crippen LogP contribution in [0.3, 0.4) is 0 Å². The van der Waals surface area contributed by atoms with E-state index < -0.39 is 23.6 Å². The predicted octanol–water partition coefficient (Wildman–Crippen LogP) is 3.12. The Balaban J connectivity index is 2.02. The van der Waals surface area contributed by atoms with Crippen LogP contribution in [0.5, 0.6) is 0 Å². The van der Waals surface area contributed by atoms with Crippen molar-refractivity contribution < 1.29 is 19.4 Å². The molecule has 3 rings (SSSR count). The Bertz CT molecular complexity index is 671. The van der Waals surface area contributed by atoms with E-state index in [-0.39, 0.29) is 11.5 Å². The average molecular weight is 301 g/mol. The van der Waals surface area contributed by atoms with E-state index in [1.165, 1.54) is 0 Å². The highest BCUT2D eigenvalue weighted by atomic mass is 16.6. The maximum absolute atomic E-state index is 12.5. The fraction of sp³-hybridized carbons (Fsp3) is 0.412. The summed E-state index contributed by atoms with van der Waals surface area (Å²) in [5.74, 6) is -0.677. The summed E-state index contributed by atoms with van der Waals surface area (Å²) in [5, 5.41) is 9.43. The molecule has 1 saturated heterocycles. The third-order valence-electron chi connectivity index (χ3n) is 4.07. The molecule has 2 aliphatic rings. The second-order valence-corrected chi connectivity index (χ2v) is 6.69. The number of likely N-dealkylation sites (tertiary alicyclic amines) is 1. The van der Waals surface area contributed by atoms with Gasteiger partial charge in [-0.2, -0.15) is 0 Å². The highest BCUT2D eigenvalue weighted by molar-refractivity contribution is 6.06. The minimum atomic E-state index is -0.684. The second-order valence-electron chi connectivity index (χ2n) is 6.69. The monoisotopic (exact) mass is 301 g/mol. The number of hydrogen-bond acceptors (Lipinski definition) is 4. The number of fused-ring (bicyclic) bond motifs is 3. The molecular weight excluding hydrogens is 282 g/mol. The topological polar surface area (TPSA) is 66.8 Å². The Morgan fingerprint density at radius 3 is 2.68 bits per heavy atom. The summed E-state index contributed by atoms with van der Waals surface area (Å²) in [4.78, 5) is 26.1. The molecule has 1 aromatic carbocycles. The largest absolute Gasteiger partial charge is 0.515 e. The zero-order chi connectivity index (χ0) is 16.1. The van der Waals surface area contributed by atoms with E-state index in [0.29, 0.717) is 6.42 Å². The molecule has 0 spiro atoms. The molecule has 2 atom stereocenters. The van der Waals surface area contributed by atoms with Crippen molar-refractivity contribution in [3.8, 4) is 0 Å². The van der Waals surface area contributed by atoms with Gasteiger partial charge in [0, 0.05) is 5.92 Å². The number of ether oxygens (including phenoxy) is 1. The van der Waals surface area contributed by atoms with E-state index in [9.17, 15) is 14.7 Å². The number of imide groups is 1. The quantitative estimate of drug-likeness (QED) is 0.590. The highest BCUT2D eigenvalue weighted by Gasteiger charge is 2.52. The van der Waals surface area contributed by atoms with Crippen molar-refractivity contribution in [1.29, 1.82) is 0 Å². The SMILES string of the molecule is CC(C)(C)OC(=O)N1C(=O)C(=CO)C2Cc3ccccc3C21. The van der Waals surface area contributed by atoms with Gasteiger partial charge < -0.3 is 9.84 Å². The fourth-order valence-electron chi connectivity index (χ4n) is 3.26. The third-order valence-corrected chi connectivity index (χ3v) is 4.07. The highest BCUT2D eigenvalue weighted by Crippen LogP contribution is 2.49. The smallest absolute Gasteiger partial charge is 0.417 e. The van der Waals surface area contributed by atoms with Gasteiger partial charge in [-0.1, -0.05) is 24.3 Å². The van der Waals surface area contributed by atoms with E-state index in [1.54, 1.807) is 20.8 Å². The normalized spacial score (nSPS) is 25.3. The van der Waals surface area contributed by atoms with Crippen LogP contribution in [-0.4, -0.2) is 27.6 Å². The minimum absolute atomic E-state index is 0.206. The lowest BCUT2D eigenvalue weighted by molar-refractivity contribution is -0.125. The maximum atomic E-state index is 12.5. The van der Waals surface area contributed by atoms with Crippen LogP contribution in [0.25, 0.3) is 0 Å². The zero-order valence-corrected chi connectivity index (χ0v) is 12.9. The lowest BCUT2D eigenvalue weighted by Crippen LogP contribution is -2.39. The van der Waals surface area contributed by atoms with Crippen molar-refractivity contribution in [2.75, 3.05) is 0 Å². The lowest BCUT2D eigenvalue weighted by Gasteiger charge is -2.27. The van der Waals surface area contributed by atoms with Gasteiger partial charge in [0.05, 0.1) is 17.9 Å². The number of carbonyl (C=O) groups is 2. The van der Waals surface area contributed by atoms with Gasteiger partial charge in [-0.25, -0.2) is 9.69 Å². The molecule has 0 saturated carbocycles. The summed E-state index contributed by atoms with van der Waals surface area (Å²) in [6.45, 7) is 5.27. The lowest BCUT2D eigenvalue weighted by atomic mass is 9.97. The number of aliphatic hydroxyl groups is 1. The van der Waals surface area contributed by atoms with Crippen LogP contribution in [0.2, 0.25) is 0 Å². The first kappa shape index (κ1) is 14.6. The molecule has 1 aliphatic carbocycles. The van der Waals surface area contributed by atoms with Crippen molar-refractivity contribution in [3.05, 3.63) is 47.2 Å². The van der Waals surface area contributed by atoms with Crippen molar-refractivity contribution in [3.63, 3.8) is 0 Å². The molecule has 5 heteroatoms. The Labute approximate surface area is 129 Å². The molecule has 1 aromatic rings. The van der Waals surface area contributed by atoms with Crippen LogP contribution < -0.4 is 0 Å². The molecule has 2 unspecified atom stereocenters. The number of aliphatic hydroxyl groups excluding tert-OH is 1. The summed E-state index contributed by atoms with van der Waals surface area (Å²) >= 11 is 0. The van der Waals surface area contributed by atoms with Crippen LogP contribution in [0.4, 0.5) is 4.79 Å². The Hall–Kier alpha value is -2.30. The van der Waals surface area contributed by atoms with Gasteiger partial charge in [-0.15, -0.1) is 0 Å². The summed E-state index contributed by atoms with van der Waals surface area (Å²) in [6, 6.07) is 7.34. The van der Waals surface area contributed by atoms with Crippen molar-refractivity contribution in [2.24, 2.45) is 5.92 Å². The molecule has 0 aromatic heterocycles. The number of amides is 2. The van der Waals surface area contributed by atoms with Crippen molar-refractivity contribution in [2.45, 2.75) is 38.8 Å². The second kappa shape index (κ2) is 4.87. The molecule has 116 valence electrons. The molecule has 1 heterocycles. The van der Waals surface area contributed by atoms with Gasteiger partial charge in [0.1, 0.15) is 5.60 Å². The van der Waals surface area contributed by atoms with Gasteiger partial charge in [-0.3, -0.25) is 4.79 Å². The summed E-state index contributed by atoms with van der Waals surface area (Å²) in [6.07, 6.45) is 0.801. The molecular formula is C17H19NO4. The predicted molar refractivity (Wildman–Crippen MR) is 80.2 cm³/mol. The van der Waals surface area contributed by atoms with Crippen molar-refractivity contribution in [1.82, 2.24) is 4.90 Å². The third kappa shape index (κ3) is 2.17. The van der Waals surface area contributed by atoms with Crippen LogP contribution in [0.15, 0.2) is 36.1 Å². The van der Waals surface area contributed by atoms with Gasteiger partial charge in [0.15, 0.2) is 0 Å². The number of benzene rings is 1. The summed E-state index contributed by atoms with van der Waals surface area (Å²) in [7, 11) is 0. The molecule has 0 bridgehead atoms. The Kier molecular flexibility index (Phi) is 3.24. The average Bonchev–Trinajstić information content (AvgIpc) is 2.89. The number of rotatable bonds is 0. The van der Waals surface area contributed by atoms with Gasteiger partial charge >= 0.3 is 6.09 Å². The first-order valence-corrected chi connectivity index (χ1v) is 7.32. The number of carbonyl (C=O) groups excluding carboxylic acids is 2. The molecule has 1 fully saturated rings.